The lowest BCUT2D eigenvalue weighted by Gasteiger charge is -2.09. The summed E-state index contributed by atoms with van der Waals surface area (Å²) >= 11 is 0. The first-order valence-corrected chi connectivity index (χ1v) is 9.06. The van der Waals surface area contributed by atoms with Gasteiger partial charge < -0.3 is 21.2 Å². The van der Waals surface area contributed by atoms with Gasteiger partial charge in [-0.05, 0) is 24.1 Å². The Bertz CT molecular complexity index is 702. The largest absolute Gasteiger partial charge is 0.460 e. The van der Waals surface area contributed by atoms with Gasteiger partial charge in [-0.3, -0.25) is 14.4 Å². The van der Waals surface area contributed by atoms with E-state index in [0.29, 0.717) is 12.1 Å². The molecule has 8 nitrogen and oxygen atoms in total. The van der Waals surface area contributed by atoms with Gasteiger partial charge in [0, 0.05) is 24.9 Å². The highest BCUT2D eigenvalue weighted by Crippen LogP contribution is 2.27. The van der Waals surface area contributed by atoms with Gasteiger partial charge in [0.25, 0.3) is 0 Å². The first-order valence-electron chi connectivity index (χ1n) is 9.06. The fourth-order valence-electron chi connectivity index (χ4n) is 2.35. The first-order chi connectivity index (χ1) is 12.9. The Labute approximate surface area is 158 Å². The molecule has 1 aromatic rings. The Morgan fingerprint density at radius 3 is 2.56 bits per heavy atom. The molecule has 0 bridgehead atoms. The highest BCUT2D eigenvalue weighted by Gasteiger charge is 2.42. The van der Waals surface area contributed by atoms with Crippen LogP contribution in [0.5, 0.6) is 0 Å². The van der Waals surface area contributed by atoms with Crippen molar-refractivity contribution in [3.63, 3.8) is 0 Å². The van der Waals surface area contributed by atoms with E-state index in [2.05, 4.69) is 15.7 Å². The molecule has 0 aliphatic heterocycles. The smallest absolute Gasteiger partial charge is 0.308 e. The molecule has 1 aliphatic carbocycles. The number of hydrazone groups is 1. The summed E-state index contributed by atoms with van der Waals surface area (Å²) in [5, 5.41) is 8.93. The molecule has 0 radical (unpaired) electrons. The lowest BCUT2D eigenvalue weighted by Crippen LogP contribution is -2.30. The van der Waals surface area contributed by atoms with Crippen LogP contribution in [0, 0.1) is 5.92 Å². The van der Waals surface area contributed by atoms with Crippen LogP contribution >= 0.6 is 0 Å². The number of nitrogens with one attached hydrogen (secondary N) is 2. The maximum Gasteiger partial charge on any atom is 0.308 e. The molecule has 3 atom stereocenters. The first kappa shape index (κ1) is 20.4. The molecule has 8 heteroatoms. The van der Waals surface area contributed by atoms with E-state index in [1.54, 1.807) is 24.3 Å². The molecule has 1 aromatic carbocycles. The van der Waals surface area contributed by atoms with Crippen LogP contribution in [0.2, 0.25) is 0 Å². The highest BCUT2D eigenvalue weighted by molar-refractivity contribution is 5.93. The van der Waals surface area contributed by atoms with Crippen molar-refractivity contribution in [2.45, 2.75) is 51.7 Å². The van der Waals surface area contributed by atoms with Crippen LogP contribution < -0.4 is 16.5 Å². The van der Waals surface area contributed by atoms with E-state index in [4.69, 9.17) is 10.6 Å². The third-order valence-corrected chi connectivity index (χ3v) is 4.36. The van der Waals surface area contributed by atoms with Gasteiger partial charge in [-0.2, -0.15) is 5.10 Å². The van der Waals surface area contributed by atoms with Crippen LogP contribution in [-0.4, -0.2) is 36.1 Å². The molecule has 146 valence electrons. The number of benzene rings is 1. The molecule has 1 aliphatic rings. The van der Waals surface area contributed by atoms with Crippen molar-refractivity contribution < 1.29 is 19.1 Å². The Balaban J connectivity index is 1.65. The molecule has 0 saturated heterocycles. The molecule has 0 heterocycles. The summed E-state index contributed by atoms with van der Waals surface area (Å²) in [6, 6.07) is 6.86. The number of rotatable bonds is 9. The summed E-state index contributed by atoms with van der Waals surface area (Å²) in [7, 11) is 0. The minimum Gasteiger partial charge on any atom is -0.460 e. The van der Waals surface area contributed by atoms with Gasteiger partial charge in [-0.1, -0.05) is 26.0 Å². The van der Waals surface area contributed by atoms with E-state index in [9.17, 15) is 14.4 Å². The van der Waals surface area contributed by atoms with E-state index in [-0.39, 0.29) is 48.7 Å². The summed E-state index contributed by atoms with van der Waals surface area (Å²) in [5.41, 5.74) is 1.46. The minimum atomic E-state index is -0.250. The van der Waals surface area contributed by atoms with Gasteiger partial charge in [0.05, 0.1) is 18.2 Å². The third-order valence-electron chi connectivity index (χ3n) is 4.36. The van der Waals surface area contributed by atoms with Crippen LogP contribution in [-0.2, 0) is 19.1 Å². The fraction of sp³-hybridized carbons (Fsp3) is 0.474. The van der Waals surface area contributed by atoms with Crippen molar-refractivity contribution in [3.05, 3.63) is 29.8 Å². The lowest BCUT2D eigenvalue weighted by molar-refractivity contribution is -0.149. The molecular formula is C19H26N4O4. The van der Waals surface area contributed by atoms with E-state index < -0.39 is 0 Å². The molecule has 0 aromatic heterocycles. The Morgan fingerprint density at radius 1 is 1.26 bits per heavy atom. The van der Waals surface area contributed by atoms with Gasteiger partial charge in [-0.15, -0.1) is 0 Å². The summed E-state index contributed by atoms with van der Waals surface area (Å²) in [5.74, 6) is 4.23. The van der Waals surface area contributed by atoms with Crippen molar-refractivity contribution >= 4 is 29.7 Å². The van der Waals surface area contributed by atoms with Crippen LogP contribution in [0.25, 0.3) is 0 Å². The maximum atomic E-state index is 11.9. The lowest BCUT2D eigenvalue weighted by atomic mass is 10.1. The number of carbonyl (C=O) groups excluding carboxylic acids is 3. The van der Waals surface area contributed by atoms with E-state index in [0.717, 1.165) is 12.0 Å². The standard InChI is InChI=1S/C19H26N4O4/c1-3-12(2)19(26)27-16-10-15(16)23-18(25)9-8-17(24)22-14-6-4-13(5-7-14)11-21-20/h4-7,11-12,15-16H,3,8-10,20H2,1-2H3,(H,22,24)(H,23,25)/b21-11+. The Kier molecular flexibility index (Phi) is 7.34. The number of esters is 1. The topological polar surface area (TPSA) is 123 Å². The fourth-order valence-corrected chi connectivity index (χ4v) is 2.35. The minimum absolute atomic E-state index is 0.0713. The predicted octanol–water partition coefficient (Wildman–Crippen LogP) is 1.54. The molecule has 1 saturated carbocycles. The van der Waals surface area contributed by atoms with Crippen molar-refractivity contribution in [3.8, 4) is 0 Å². The van der Waals surface area contributed by atoms with Crippen molar-refractivity contribution in [2.75, 3.05) is 5.32 Å². The van der Waals surface area contributed by atoms with Crippen LogP contribution in [0.1, 0.15) is 45.1 Å². The number of nitrogens with two attached hydrogens (primary N) is 1. The SMILES string of the molecule is CCC(C)C(=O)OC1CC1NC(=O)CCC(=O)Nc1ccc(/C=N/N)cc1. The Hall–Kier alpha value is -2.90. The molecule has 27 heavy (non-hydrogen) atoms. The molecular weight excluding hydrogens is 348 g/mol. The number of hydrogen-bond acceptors (Lipinski definition) is 6. The maximum absolute atomic E-state index is 11.9. The van der Waals surface area contributed by atoms with Crippen molar-refractivity contribution in [2.24, 2.45) is 16.9 Å². The second kappa shape index (κ2) is 9.70. The highest BCUT2D eigenvalue weighted by atomic mass is 16.6. The van der Waals surface area contributed by atoms with Gasteiger partial charge >= 0.3 is 5.97 Å². The molecule has 2 amide bonds. The summed E-state index contributed by atoms with van der Waals surface area (Å²) in [4.78, 5) is 35.6. The number of anilines is 1. The van der Waals surface area contributed by atoms with Gasteiger partial charge in [0.1, 0.15) is 6.10 Å². The number of hydrogen-bond donors (Lipinski definition) is 3. The van der Waals surface area contributed by atoms with E-state index >= 15 is 0 Å². The molecule has 4 N–H and O–H groups in total. The zero-order chi connectivity index (χ0) is 19.8. The second-order valence-electron chi connectivity index (χ2n) is 6.64. The molecule has 1 fully saturated rings. The van der Waals surface area contributed by atoms with E-state index in [1.165, 1.54) is 6.21 Å². The summed E-state index contributed by atoms with van der Waals surface area (Å²) < 4.78 is 5.31. The van der Waals surface area contributed by atoms with Crippen LogP contribution in [0.4, 0.5) is 5.69 Å². The third kappa shape index (κ3) is 6.73. The number of carbonyl (C=O) groups is 3. The van der Waals surface area contributed by atoms with E-state index in [1.807, 2.05) is 13.8 Å². The van der Waals surface area contributed by atoms with Gasteiger partial charge in [0.2, 0.25) is 11.8 Å². The predicted molar refractivity (Wildman–Crippen MR) is 102 cm³/mol. The van der Waals surface area contributed by atoms with Gasteiger partial charge in [-0.25, -0.2) is 0 Å². The average Bonchev–Trinajstić information content (AvgIpc) is 3.38. The average molecular weight is 374 g/mol. The van der Waals surface area contributed by atoms with Crippen molar-refractivity contribution in [1.82, 2.24) is 5.32 Å². The number of ether oxygens (including phenoxy) is 1. The monoisotopic (exact) mass is 374 g/mol. The molecule has 2 rings (SSSR count). The van der Waals surface area contributed by atoms with Gasteiger partial charge in [0.15, 0.2) is 0 Å². The number of amides is 2. The van der Waals surface area contributed by atoms with Crippen LogP contribution in [0.3, 0.4) is 0 Å². The van der Waals surface area contributed by atoms with Crippen LogP contribution in [0.15, 0.2) is 29.4 Å². The Morgan fingerprint density at radius 2 is 1.93 bits per heavy atom. The quantitative estimate of drug-likeness (QED) is 0.262. The zero-order valence-corrected chi connectivity index (χ0v) is 15.6. The number of nitrogens with zero attached hydrogens (tertiary/aromatic N) is 1. The summed E-state index contributed by atoms with van der Waals surface area (Å²) in [6.07, 6.45) is 2.74. The van der Waals surface area contributed by atoms with Crippen molar-refractivity contribution in [1.29, 1.82) is 0 Å². The molecule has 3 unspecified atom stereocenters. The normalized spacial score (nSPS) is 19.3. The molecule has 0 spiro atoms. The summed E-state index contributed by atoms with van der Waals surface area (Å²) in [6.45, 7) is 3.74. The second-order valence-corrected chi connectivity index (χ2v) is 6.64. The zero-order valence-electron chi connectivity index (χ0n) is 15.6.